The van der Waals surface area contributed by atoms with E-state index in [2.05, 4.69) is 24.3 Å². The maximum absolute atomic E-state index is 5.46. The maximum Gasteiger partial charge on any atom is 0.122 e. The molecular formula is C17H18O2. The van der Waals surface area contributed by atoms with Crippen molar-refractivity contribution in [2.24, 2.45) is 0 Å². The largest absolute Gasteiger partial charge is 0.497 e. The summed E-state index contributed by atoms with van der Waals surface area (Å²) >= 11 is 0. The van der Waals surface area contributed by atoms with Gasteiger partial charge in [-0.05, 0) is 59.7 Å². The van der Waals surface area contributed by atoms with Crippen molar-refractivity contribution in [1.82, 2.24) is 0 Å². The smallest absolute Gasteiger partial charge is 0.122 e. The molecule has 0 heterocycles. The summed E-state index contributed by atoms with van der Waals surface area (Å²) in [5.74, 6) is 1.93. The highest BCUT2D eigenvalue weighted by Gasteiger charge is 2.19. The summed E-state index contributed by atoms with van der Waals surface area (Å²) in [4.78, 5) is 0. The van der Waals surface area contributed by atoms with Gasteiger partial charge in [0.1, 0.15) is 11.5 Å². The molecule has 0 saturated heterocycles. The van der Waals surface area contributed by atoms with Gasteiger partial charge in [0, 0.05) is 0 Å². The number of ether oxygens (including phenoxy) is 2. The maximum atomic E-state index is 5.46. The molecule has 0 spiro atoms. The lowest BCUT2D eigenvalue weighted by atomic mass is 9.96. The minimum atomic E-state index is 0.897. The zero-order valence-electron chi connectivity index (χ0n) is 11.4. The van der Waals surface area contributed by atoms with Gasteiger partial charge in [0.15, 0.2) is 0 Å². The van der Waals surface area contributed by atoms with Crippen LogP contribution in [0, 0.1) is 0 Å². The molecule has 3 rings (SSSR count). The number of methoxy groups -OCH3 is 2. The predicted octanol–water partition coefficient (Wildman–Crippen LogP) is 3.86. The van der Waals surface area contributed by atoms with Crippen LogP contribution in [0.15, 0.2) is 36.4 Å². The second-order valence-corrected chi connectivity index (χ2v) is 4.85. The van der Waals surface area contributed by atoms with E-state index in [0.717, 1.165) is 24.3 Å². The molecule has 2 aromatic rings. The van der Waals surface area contributed by atoms with Crippen molar-refractivity contribution in [3.05, 3.63) is 47.5 Å². The van der Waals surface area contributed by atoms with E-state index in [1.165, 1.54) is 28.7 Å². The Morgan fingerprint density at radius 1 is 0.789 bits per heavy atom. The molecule has 0 N–H and O–H groups in total. The van der Waals surface area contributed by atoms with Crippen molar-refractivity contribution in [1.29, 1.82) is 0 Å². The van der Waals surface area contributed by atoms with Crippen molar-refractivity contribution < 1.29 is 9.47 Å². The van der Waals surface area contributed by atoms with Gasteiger partial charge in [0.25, 0.3) is 0 Å². The Kier molecular flexibility index (Phi) is 3.16. The van der Waals surface area contributed by atoms with E-state index in [9.17, 15) is 0 Å². The first-order valence-corrected chi connectivity index (χ1v) is 6.66. The van der Waals surface area contributed by atoms with Gasteiger partial charge in [-0.25, -0.2) is 0 Å². The fourth-order valence-corrected chi connectivity index (χ4v) is 2.91. The van der Waals surface area contributed by atoms with Crippen LogP contribution in [-0.2, 0) is 12.8 Å². The molecule has 0 radical (unpaired) electrons. The SMILES string of the molecule is COc1ccc(-c2ccc(OC)c3c2CCC3)cc1. The topological polar surface area (TPSA) is 18.5 Å². The van der Waals surface area contributed by atoms with E-state index in [1.807, 2.05) is 12.1 Å². The van der Waals surface area contributed by atoms with Crippen molar-refractivity contribution in [3.63, 3.8) is 0 Å². The van der Waals surface area contributed by atoms with Crippen molar-refractivity contribution in [3.8, 4) is 22.6 Å². The van der Waals surface area contributed by atoms with E-state index in [0.29, 0.717) is 0 Å². The van der Waals surface area contributed by atoms with Crippen molar-refractivity contribution in [2.45, 2.75) is 19.3 Å². The number of fused-ring (bicyclic) bond motifs is 1. The third kappa shape index (κ3) is 2.07. The van der Waals surface area contributed by atoms with Gasteiger partial charge in [-0.15, -0.1) is 0 Å². The highest BCUT2D eigenvalue weighted by molar-refractivity contribution is 5.72. The Labute approximate surface area is 114 Å². The van der Waals surface area contributed by atoms with Crippen molar-refractivity contribution >= 4 is 0 Å². The third-order valence-electron chi connectivity index (χ3n) is 3.86. The quantitative estimate of drug-likeness (QED) is 0.828. The number of hydrogen-bond acceptors (Lipinski definition) is 2. The molecule has 0 saturated carbocycles. The van der Waals surface area contributed by atoms with Crippen LogP contribution in [0.4, 0.5) is 0 Å². The number of hydrogen-bond donors (Lipinski definition) is 0. The van der Waals surface area contributed by atoms with E-state index in [1.54, 1.807) is 14.2 Å². The van der Waals surface area contributed by atoms with E-state index in [-0.39, 0.29) is 0 Å². The fraction of sp³-hybridized carbons (Fsp3) is 0.294. The monoisotopic (exact) mass is 254 g/mol. The molecule has 0 atom stereocenters. The normalized spacial score (nSPS) is 13.2. The molecule has 0 aliphatic heterocycles. The van der Waals surface area contributed by atoms with Gasteiger partial charge in [-0.1, -0.05) is 18.2 Å². The standard InChI is InChI=1S/C17H18O2/c1-18-13-8-6-12(7-9-13)14-10-11-17(19-2)16-5-3-4-15(14)16/h6-11H,3-5H2,1-2H3. The lowest BCUT2D eigenvalue weighted by molar-refractivity contribution is 0.410. The molecule has 98 valence electrons. The Morgan fingerprint density at radius 2 is 1.53 bits per heavy atom. The van der Waals surface area contributed by atoms with Crippen LogP contribution < -0.4 is 9.47 Å². The summed E-state index contributed by atoms with van der Waals surface area (Å²) in [7, 11) is 3.45. The molecule has 2 nitrogen and oxygen atoms in total. The highest BCUT2D eigenvalue weighted by Crippen LogP contribution is 2.38. The van der Waals surface area contributed by atoms with Gasteiger partial charge in [-0.3, -0.25) is 0 Å². The fourth-order valence-electron chi connectivity index (χ4n) is 2.91. The molecule has 0 amide bonds. The zero-order chi connectivity index (χ0) is 13.2. The molecule has 0 fully saturated rings. The molecule has 19 heavy (non-hydrogen) atoms. The van der Waals surface area contributed by atoms with Crippen LogP contribution in [0.1, 0.15) is 17.5 Å². The average Bonchev–Trinajstić information content (AvgIpc) is 2.96. The van der Waals surface area contributed by atoms with Crippen LogP contribution in [-0.4, -0.2) is 14.2 Å². The molecule has 0 unspecified atom stereocenters. The zero-order valence-corrected chi connectivity index (χ0v) is 11.4. The first kappa shape index (κ1) is 12.1. The first-order valence-electron chi connectivity index (χ1n) is 6.66. The average molecular weight is 254 g/mol. The molecule has 2 heteroatoms. The Morgan fingerprint density at radius 3 is 2.21 bits per heavy atom. The van der Waals surface area contributed by atoms with Gasteiger partial charge >= 0.3 is 0 Å². The van der Waals surface area contributed by atoms with Gasteiger partial charge in [0.2, 0.25) is 0 Å². The van der Waals surface area contributed by atoms with Gasteiger partial charge < -0.3 is 9.47 Å². The highest BCUT2D eigenvalue weighted by atomic mass is 16.5. The second-order valence-electron chi connectivity index (χ2n) is 4.85. The Bertz CT molecular complexity index is 585. The minimum absolute atomic E-state index is 0.897. The summed E-state index contributed by atoms with van der Waals surface area (Å²) in [5.41, 5.74) is 5.41. The minimum Gasteiger partial charge on any atom is -0.497 e. The van der Waals surface area contributed by atoms with E-state index in [4.69, 9.17) is 9.47 Å². The van der Waals surface area contributed by atoms with Crippen LogP contribution in [0.2, 0.25) is 0 Å². The lowest BCUT2D eigenvalue weighted by Gasteiger charge is -2.13. The lowest BCUT2D eigenvalue weighted by Crippen LogP contribution is -1.94. The van der Waals surface area contributed by atoms with Crippen LogP contribution in [0.5, 0.6) is 11.5 Å². The number of rotatable bonds is 3. The molecular weight excluding hydrogens is 236 g/mol. The summed E-state index contributed by atoms with van der Waals surface area (Å²) in [6.45, 7) is 0. The summed E-state index contributed by atoms with van der Waals surface area (Å²) in [5, 5.41) is 0. The second kappa shape index (κ2) is 4.96. The Balaban J connectivity index is 2.07. The Hall–Kier alpha value is -1.96. The summed E-state index contributed by atoms with van der Waals surface area (Å²) in [6.07, 6.45) is 3.50. The van der Waals surface area contributed by atoms with Crippen LogP contribution >= 0.6 is 0 Å². The van der Waals surface area contributed by atoms with Crippen LogP contribution in [0.3, 0.4) is 0 Å². The predicted molar refractivity (Wildman–Crippen MR) is 77.0 cm³/mol. The van der Waals surface area contributed by atoms with Gasteiger partial charge in [0.05, 0.1) is 14.2 Å². The molecule has 0 bridgehead atoms. The van der Waals surface area contributed by atoms with E-state index < -0.39 is 0 Å². The molecule has 1 aliphatic carbocycles. The molecule has 2 aromatic carbocycles. The van der Waals surface area contributed by atoms with E-state index >= 15 is 0 Å². The van der Waals surface area contributed by atoms with Crippen molar-refractivity contribution in [2.75, 3.05) is 14.2 Å². The van der Waals surface area contributed by atoms with Crippen LogP contribution in [0.25, 0.3) is 11.1 Å². The summed E-state index contributed by atoms with van der Waals surface area (Å²) in [6, 6.07) is 12.5. The summed E-state index contributed by atoms with van der Waals surface area (Å²) < 4.78 is 10.7. The number of benzene rings is 2. The third-order valence-corrected chi connectivity index (χ3v) is 3.86. The first-order chi connectivity index (χ1) is 9.33. The van der Waals surface area contributed by atoms with Gasteiger partial charge in [-0.2, -0.15) is 0 Å². The molecule has 1 aliphatic rings. The molecule has 0 aromatic heterocycles.